The Bertz CT molecular complexity index is 385. The summed E-state index contributed by atoms with van der Waals surface area (Å²) < 4.78 is 0. The number of hydrogen-bond acceptors (Lipinski definition) is 10. The predicted octanol–water partition coefficient (Wildman–Crippen LogP) is -1.37. The van der Waals surface area contributed by atoms with Crippen molar-refractivity contribution in [3.05, 3.63) is 0 Å². The van der Waals surface area contributed by atoms with Gasteiger partial charge in [-0.25, -0.2) is 0 Å². The van der Waals surface area contributed by atoms with Gasteiger partial charge < -0.3 is 52.7 Å². The molecule has 0 aromatic heterocycles. The molecule has 0 amide bonds. The van der Waals surface area contributed by atoms with Crippen LogP contribution in [-0.4, -0.2) is 106 Å². The van der Waals surface area contributed by atoms with Gasteiger partial charge in [0, 0.05) is 121 Å². The summed E-state index contributed by atoms with van der Waals surface area (Å²) in [6, 6.07) is 0. The topological polar surface area (TPSA) is 300 Å². The fourth-order valence-corrected chi connectivity index (χ4v) is 0.631. The van der Waals surface area contributed by atoms with E-state index in [1.807, 2.05) is 0 Å². The minimum Gasteiger partial charge on any atom is -0.481 e. The van der Waals surface area contributed by atoms with Gasteiger partial charge in [-0.2, -0.15) is 0 Å². The first-order valence-corrected chi connectivity index (χ1v) is 9.30. The van der Waals surface area contributed by atoms with E-state index in [0.29, 0.717) is 13.1 Å². The zero-order valence-electron chi connectivity index (χ0n) is 20.9. The molecule has 0 fully saturated rings. The molecule has 35 heavy (non-hydrogen) atoms. The van der Waals surface area contributed by atoms with Crippen LogP contribution in [0.4, 0.5) is 0 Å². The number of carboxylic acid groups (broad SMARTS) is 6. The van der Waals surface area contributed by atoms with Gasteiger partial charge in [0.25, 0.3) is 35.8 Å². The van der Waals surface area contributed by atoms with Crippen LogP contribution in [0.5, 0.6) is 0 Å². The van der Waals surface area contributed by atoms with Gasteiger partial charge in [-0.1, -0.05) is 0 Å². The molecule has 0 radical (unpaired) electrons. The average molecular weight is 664 g/mol. The number of carboxylic acids is 6. The maximum Gasteiger partial charge on any atom is 0.300 e. The summed E-state index contributed by atoms with van der Waals surface area (Å²) in [5, 5.41) is 50.8. The predicted molar refractivity (Wildman–Crippen MR) is 124 cm³/mol. The largest absolute Gasteiger partial charge is 0.481 e. The minimum atomic E-state index is -0.833. The standard InChI is InChI=1S/C6H18N4.6C2H4O2.Gd/c7-1-3-9-5-6-10-4-2-8;6*1-2(3)4;/h9-10H,1-8H2;6*1H3,(H,3,4);. The molecule has 0 rings (SSSR count). The summed E-state index contributed by atoms with van der Waals surface area (Å²) in [5.41, 5.74) is 10.5. The number of nitrogens with two attached hydrogens (primary N) is 2. The van der Waals surface area contributed by atoms with Crippen molar-refractivity contribution >= 4 is 35.8 Å². The molecule has 0 spiro atoms. The van der Waals surface area contributed by atoms with Gasteiger partial charge in [-0.15, -0.1) is 0 Å². The summed E-state index contributed by atoms with van der Waals surface area (Å²) in [4.78, 5) is 54.0. The first-order valence-electron chi connectivity index (χ1n) is 9.30. The maximum absolute atomic E-state index is 9.00. The fraction of sp³-hybridized carbons (Fsp3) is 0.667. The number of hydrogen-bond donors (Lipinski definition) is 10. The van der Waals surface area contributed by atoms with Crippen molar-refractivity contribution in [1.29, 1.82) is 0 Å². The van der Waals surface area contributed by atoms with Gasteiger partial charge in [-0.3, -0.25) is 28.8 Å². The van der Waals surface area contributed by atoms with Gasteiger partial charge in [-0.05, 0) is 0 Å². The van der Waals surface area contributed by atoms with E-state index in [0.717, 1.165) is 67.7 Å². The molecule has 0 bridgehead atoms. The van der Waals surface area contributed by atoms with E-state index in [2.05, 4.69) is 10.6 Å². The van der Waals surface area contributed by atoms with Crippen LogP contribution in [0, 0.1) is 39.9 Å². The zero-order chi connectivity index (χ0) is 29.1. The number of rotatable bonds is 7. The summed E-state index contributed by atoms with van der Waals surface area (Å²) in [6.07, 6.45) is 0. The maximum atomic E-state index is 9.00. The molecule has 0 saturated carbocycles. The Hall–Kier alpha value is -2.02. The van der Waals surface area contributed by atoms with Crippen LogP contribution in [0.3, 0.4) is 0 Å². The van der Waals surface area contributed by atoms with Gasteiger partial charge in [0.1, 0.15) is 0 Å². The Morgan fingerprint density at radius 2 is 0.571 bits per heavy atom. The third-order valence-electron chi connectivity index (χ3n) is 1.12. The summed E-state index contributed by atoms with van der Waals surface area (Å²) >= 11 is 0. The monoisotopic (exact) mass is 664 g/mol. The molecule has 12 N–H and O–H groups in total. The molecule has 0 saturated heterocycles. The number of carbonyl (C=O) groups is 6. The molecule has 214 valence electrons. The van der Waals surface area contributed by atoms with Crippen LogP contribution in [0.2, 0.25) is 0 Å². The number of aliphatic carboxylic acids is 6. The average Bonchev–Trinajstić information content (AvgIpc) is 2.55. The first-order chi connectivity index (χ1) is 15.3. The Kier molecular flexibility index (Phi) is 82.4. The van der Waals surface area contributed by atoms with Gasteiger partial charge >= 0.3 is 0 Å². The molecule has 0 aromatic rings. The molecular weight excluding hydrogens is 621 g/mol. The molecular formula is C18H42GdN4O12. The summed E-state index contributed by atoms with van der Waals surface area (Å²) in [5.74, 6) is -5.00. The van der Waals surface area contributed by atoms with Crippen LogP contribution in [0.1, 0.15) is 41.5 Å². The Labute approximate surface area is 237 Å². The smallest absolute Gasteiger partial charge is 0.300 e. The second kappa shape index (κ2) is 53.4. The molecule has 16 nitrogen and oxygen atoms in total. The van der Waals surface area contributed by atoms with E-state index in [-0.39, 0.29) is 39.9 Å². The van der Waals surface area contributed by atoms with Crippen molar-refractivity contribution < 1.29 is 99.3 Å². The molecule has 0 aliphatic rings. The van der Waals surface area contributed by atoms with Crippen LogP contribution in [0.15, 0.2) is 0 Å². The Morgan fingerprint density at radius 3 is 0.657 bits per heavy atom. The number of nitrogens with one attached hydrogen (secondary N) is 2. The molecule has 0 atom stereocenters. The molecule has 0 unspecified atom stereocenters. The second-order valence-corrected chi connectivity index (χ2v) is 5.19. The van der Waals surface area contributed by atoms with Crippen LogP contribution < -0.4 is 22.1 Å². The van der Waals surface area contributed by atoms with Crippen LogP contribution in [-0.2, 0) is 28.8 Å². The van der Waals surface area contributed by atoms with E-state index in [1.54, 1.807) is 0 Å². The quantitative estimate of drug-likeness (QED) is 0.140. The normalized spacial score (nSPS) is 7.20. The van der Waals surface area contributed by atoms with Crippen molar-refractivity contribution in [1.82, 2.24) is 10.6 Å². The molecule has 0 aliphatic carbocycles. The SMILES string of the molecule is CC(=O)O.CC(=O)O.CC(=O)O.CC(=O)O.CC(=O)O.CC(=O)O.NCCNCCNCCN.[Gd]. The van der Waals surface area contributed by atoms with Crippen LogP contribution >= 0.6 is 0 Å². The first kappa shape index (κ1) is 54.1. The third kappa shape index (κ3) is 1160. The van der Waals surface area contributed by atoms with Gasteiger partial charge in [0.2, 0.25) is 0 Å². The fourth-order valence-electron chi connectivity index (χ4n) is 0.631. The van der Waals surface area contributed by atoms with Gasteiger partial charge in [0.15, 0.2) is 0 Å². The van der Waals surface area contributed by atoms with Crippen molar-refractivity contribution in [3.8, 4) is 0 Å². The van der Waals surface area contributed by atoms with Crippen LogP contribution in [0.25, 0.3) is 0 Å². The van der Waals surface area contributed by atoms with Crippen molar-refractivity contribution in [3.63, 3.8) is 0 Å². The third-order valence-corrected chi connectivity index (χ3v) is 1.12. The molecule has 0 aliphatic heterocycles. The van der Waals surface area contributed by atoms with Crippen molar-refractivity contribution in [2.75, 3.05) is 39.3 Å². The van der Waals surface area contributed by atoms with E-state index in [1.165, 1.54) is 0 Å². The second-order valence-electron chi connectivity index (χ2n) is 5.19. The zero-order valence-corrected chi connectivity index (χ0v) is 23.2. The Morgan fingerprint density at radius 1 is 0.457 bits per heavy atom. The van der Waals surface area contributed by atoms with E-state index in [4.69, 9.17) is 70.9 Å². The molecule has 17 heteroatoms. The molecule has 0 aromatic carbocycles. The van der Waals surface area contributed by atoms with E-state index in [9.17, 15) is 0 Å². The Balaban J connectivity index is -0.0000000423. The van der Waals surface area contributed by atoms with Crippen molar-refractivity contribution in [2.45, 2.75) is 41.5 Å². The van der Waals surface area contributed by atoms with E-state index >= 15 is 0 Å². The van der Waals surface area contributed by atoms with E-state index < -0.39 is 35.8 Å². The summed E-state index contributed by atoms with van der Waals surface area (Å²) in [7, 11) is 0. The summed E-state index contributed by atoms with van der Waals surface area (Å²) in [6.45, 7) is 11.6. The minimum absolute atomic E-state index is 0. The molecule has 0 heterocycles. The van der Waals surface area contributed by atoms with Gasteiger partial charge in [0.05, 0.1) is 0 Å². The van der Waals surface area contributed by atoms with Crippen molar-refractivity contribution in [2.24, 2.45) is 11.5 Å².